The summed E-state index contributed by atoms with van der Waals surface area (Å²) in [5, 5.41) is 14.6. The lowest BCUT2D eigenvalue weighted by Gasteiger charge is -2.21. The van der Waals surface area contributed by atoms with Crippen LogP contribution in [-0.4, -0.2) is 36.7 Å². The van der Waals surface area contributed by atoms with Crippen molar-refractivity contribution in [2.75, 3.05) is 25.0 Å². The molecule has 0 bridgehead atoms. The second kappa shape index (κ2) is 7.64. The number of carbonyl (C=O) groups excluding carboxylic acids is 1. The molecule has 6 heteroatoms. The maximum absolute atomic E-state index is 11.9. The fraction of sp³-hybridized carbons (Fsp3) is 0.467. The molecule has 1 aliphatic heterocycles. The number of anilines is 1. The number of carboxylic acids is 1. The predicted molar refractivity (Wildman–Crippen MR) is 78.4 cm³/mol. The highest BCUT2D eigenvalue weighted by atomic mass is 16.5. The molecule has 114 valence electrons. The quantitative estimate of drug-likeness (QED) is 0.739. The monoisotopic (exact) mass is 292 g/mol. The van der Waals surface area contributed by atoms with Gasteiger partial charge < -0.3 is 20.5 Å². The summed E-state index contributed by atoms with van der Waals surface area (Å²) < 4.78 is 5.03. The third-order valence-electron chi connectivity index (χ3n) is 3.43. The Morgan fingerprint density at radius 2 is 1.90 bits per heavy atom. The molecule has 0 aliphatic carbocycles. The summed E-state index contributed by atoms with van der Waals surface area (Å²) in [6.07, 6.45) is 2.61. The van der Waals surface area contributed by atoms with Crippen LogP contribution in [0.4, 0.5) is 5.69 Å². The molecule has 1 amide bonds. The summed E-state index contributed by atoms with van der Waals surface area (Å²) in [4.78, 5) is 22.3. The number of hydrogen-bond acceptors (Lipinski definition) is 4. The van der Waals surface area contributed by atoms with Gasteiger partial charge in [0, 0.05) is 12.1 Å². The van der Waals surface area contributed by atoms with E-state index in [1.807, 2.05) is 0 Å². The molecule has 1 aromatic rings. The van der Waals surface area contributed by atoms with E-state index in [1.165, 1.54) is 0 Å². The molecule has 3 N–H and O–H groups in total. The van der Waals surface area contributed by atoms with Gasteiger partial charge in [-0.2, -0.15) is 0 Å². The largest absolute Gasteiger partial charge is 0.482 e. The summed E-state index contributed by atoms with van der Waals surface area (Å²) in [6, 6.07) is 6.70. The van der Waals surface area contributed by atoms with Crippen LogP contribution in [0.1, 0.15) is 19.3 Å². The number of carboxylic acid groups (broad SMARTS) is 1. The average molecular weight is 292 g/mol. The van der Waals surface area contributed by atoms with Crippen LogP contribution in [0.15, 0.2) is 24.3 Å². The Bertz CT molecular complexity index is 481. The molecule has 1 saturated heterocycles. The number of rotatable bonds is 6. The van der Waals surface area contributed by atoms with Crippen LogP contribution in [0, 0.1) is 5.92 Å². The molecule has 0 atom stereocenters. The molecule has 0 radical (unpaired) electrons. The van der Waals surface area contributed by atoms with Crippen molar-refractivity contribution in [2.45, 2.75) is 19.3 Å². The van der Waals surface area contributed by atoms with Gasteiger partial charge >= 0.3 is 5.97 Å². The number of amides is 1. The number of nitrogens with one attached hydrogen (secondary N) is 2. The van der Waals surface area contributed by atoms with Gasteiger partial charge in [0.05, 0.1) is 0 Å². The van der Waals surface area contributed by atoms with Crippen molar-refractivity contribution >= 4 is 17.6 Å². The molecule has 6 nitrogen and oxygen atoms in total. The SMILES string of the molecule is O=C(O)COc1ccc(NC(=O)CC2CCNCC2)cc1. The van der Waals surface area contributed by atoms with Crippen molar-refractivity contribution in [3.63, 3.8) is 0 Å². The molecule has 1 heterocycles. The second-order valence-corrected chi connectivity index (χ2v) is 5.15. The van der Waals surface area contributed by atoms with Crippen LogP contribution in [0.2, 0.25) is 0 Å². The van der Waals surface area contributed by atoms with E-state index >= 15 is 0 Å². The van der Waals surface area contributed by atoms with E-state index in [9.17, 15) is 9.59 Å². The number of aliphatic carboxylic acids is 1. The van der Waals surface area contributed by atoms with Gasteiger partial charge in [-0.25, -0.2) is 4.79 Å². The van der Waals surface area contributed by atoms with E-state index < -0.39 is 5.97 Å². The third-order valence-corrected chi connectivity index (χ3v) is 3.43. The van der Waals surface area contributed by atoms with Crippen LogP contribution in [0.25, 0.3) is 0 Å². The smallest absolute Gasteiger partial charge is 0.341 e. The first-order valence-corrected chi connectivity index (χ1v) is 7.08. The van der Waals surface area contributed by atoms with Gasteiger partial charge in [-0.3, -0.25) is 4.79 Å². The summed E-state index contributed by atoms with van der Waals surface area (Å²) in [5.74, 6) is -0.0892. The van der Waals surface area contributed by atoms with Crippen LogP contribution in [0.3, 0.4) is 0 Å². The standard InChI is InChI=1S/C15H20N2O4/c18-14(9-11-5-7-16-8-6-11)17-12-1-3-13(4-2-12)21-10-15(19)20/h1-4,11,16H,5-10H2,(H,17,18)(H,19,20). The van der Waals surface area contributed by atoms with Gasteiger partial charge in [-0.1, -0.05) is 0 Å². The van der Waals surface area contributed by atoms with Gasteiger partial charge in [0.2, 0.25) is 5.91 Å². The topological polar surface area (TPSA) is 87.7 Å². The molecule has 0 aromatic heterocycles. The fourth-order valence-corrected chi connectivity index (χ4v) is 2.34. The van der Waals surface area contributed by atoms with Gasteiger partial charge in [-0.15, -0.1) is 0 Å². The second-order valence-electron chi connectivity index (χ2n) is 5.15. The van der Waals surface area contributed by atoms with Gasteiger partial charge in [0.1, 0.15) is 5.75 Å². The maximum atomic E-state index is 11.9. The molecule has 1 aromatic carbocycles. The number of hydrogen-bond donors (Lipinski definition) is 3. The van der Waals surface area contributed by atoms with Crippen molar-refractivity contribution in [3.8, 4) is 5.75 Å². The van der Waals surface area contributed by atoms with Crippen LogP contribution >= 0.6 is 0 Å². The highest BCUT2D eigenvalue weighted by Crippen LogP contribution is 2.19. The molecular formula is C15H20N2O4. The predicted octanol–water partition coefficient (Wildman–Crippen LogP) is 1.48. The lowest BCUT2D eigenvalue weighted by molar-refractivity contribution is -0.139. The van der Waals surface area contributed by atoms with E-state index in [1.54, 1.807) is 24.3 Å². The molecule has 0 saturated carbocycles. The lowest BCUT2D eigenvalue weighted by Crippen LogP contribution is -2.30. The van der Waals surface area contributed by atoms with E-state index in [0.717, 1.165) is 25.9 Å². The Labute approximate surface area is 123 Å². The molecule has 0 spiro atoms. The zero-order valence-electron chi connectivity index (χ0n) is 11.8. The first kappa shape index (κ1) is 15.3. The first-order chi connectivity index (χ1) is 10.1. The van der Waals surface area contributed by atoms with Crippen molar-refractivity contribution in [1.29, 1.82) is 0 Å². The average Bonchev–Trinajstić information content (AvgIpc) is 2.47. The molecule has 21 heavy (non-hydrogen) atoms. The zero-order valence-corrected chi connectivity index (χ0v) is 11.8. The molecule has 0 unspecified atom stereocenters. The van der Waals surface area contributed by atoms with Crippen molar-refractivity contribution in [2.24, 2.45) is 5.92 Å². The Hall–Kier alpha value is -2.08. The summed E-state index contributed by atoms with van der Waals surface area (Å²) in [6.45, 7) is 1.59. The number of ether oxygens (including phenoxy) is 1. The molecule has 1 fully saturated rings. The van der Waals surface area contributed by atoms with Gasteiger partial charge in [0.25, 0.3) is 0 Å². The Morgan fingerprint density at radius 1 is 1.24 bits per heavy atom. The number of benzene rings is 1. The van der Waals surface area contributed by atoms with E-state index in [4.69, 9.17) is 9.84 Å². The molecular weight excluding hydrogens is 272 g/mol. The molecule has 2 rings (SSSR count). The van der Waals surface area contributed by atoms with E-state index in [2.05, 4.69) is 10.6 Å². The van der Waals surface area contributed by atoms with Crippen LogP contribution in [-0.2, 0) is 9.59 Å². The van der Waals surface area contributed by atoms with E-state index in [0.29, 0.717) is 23.8 Å². The Balaban J connectivity index is 1.79. The fourth-order valence-electron chi connectivity index (χ4n) is 2.34. The minimum atomic E-state index is -1.02. The van der Waals surface area contributed by atoms with Gasteiger partial charge in [-0.05, 0) is 56.1 Å². The number of piperidine rings is 1. The Kier molecular flexibility index (Phi) is 5.57. The summed E-state index contributed by atoms with van der Waals surface area (Å²) >= 11 is 0. The van der Waals surface area contributed by atoms with Crippen LogP contribution < -0.4 is 15.4 Å². The minimum absolute atomic E-state index is 0.0149. The maximum Gasteiger partial charge on any atom is 0.341 e. The normalized spacial score (nSPS) is 15.4. The van der Waals surface area contributed by atoms with Crippen LogP contribution in [0.5, 0.6) is 5.75 Å². The van der Waals surface area contributed by atoms with Crippen molar-refractivity contribution < 1.29 is 19.4 Å². The Morgan fingerprint density at radius 3 is 2.52 bits per heavy atom. The highest BCUT2D eigenvalue weighted by molar-refractivity contribution is 5.90. The van der Waals surface area contributed by atoms with Gasteiger partial charge in [0.15, 0.2) is 6.61 Å². The highest BCUT2D eigenvalue weighted by Gasteiger charge is 2.16. The zero-order chi connectivity index (χ0) is 15.1. The molecule has 1 aliphatic rings. The summed E-state index contributed by atoms with van der Waals surface area (Å²) in [5.41, 5.74) is 0.691. The van der Waals surface area contributed by atoms with Crippen molar-refractivity contribution in [1.82, 2.24) is 5.32 Å². The van der Waals surface area contributed by atoms with E-state index in [-0.39, 0.29) is 12.5 Å². The third kappa shape index (κ3) is 5.43. The minimum Gasteiger partial charge on any atom is -0.482 e. The van der Waals surface area contributed by atoms with Crippen molar-refractivity contribution in [3.05, 3.63) is 24.3 Å². The summed E-state index contributed by atoms with van der Waals surface area (Å²) in [7, 11) is 0. The first-order valence-electron chi connectivity index (χ1n) is 7.08. The number of carbonyl (C=O) groups is 2. The lowest BCUT2D eigenvalue weighted by atomic mass is 9.94.